The SMILES string of the molecule is CNCc1nnc(NCC(=O)NCC(C)C)o1. The van der Waals surface area contributed by atoms with Crippen molar-refractivity contribution in [2.45, 2.75) is 20.4 Å². The highest BCUT2D eigenvalue weighted by molar-refractivity contribution is 5.79. The minimum Gasteiger partial charge on any atom is -0.407 e. The fourth-order valence-electron chi connectivity index (χ4n) is 1.08. The van der Waals surface area contributed by atoms with Gasteiger partial charge >= 0.3 is 6.01 Å². The van der Waals surface area contributed by atoms with Crippen LogP contribution in [0, 0.1) is 5.92 Å². The molecule has 0 aliphatic carbocycles. The van der Waals surface area contributed by atoms with Gasteiger partial charge in [-0.3, -0.25) is 4.79 Å². The van der Waals surface area contributed by atoms with Crippen LogP contribution in [0.25, 0.3) is 0 Å². The van der Waals surface area contributed by atoms with Crippen LogP contribution in [-0.2, 0) is 11.3 Å². The first-order valence-corrected chi connectivity index (χ1v) is 5.59. The van der Waals surface area contributed by atoms with Crippen LogP contribution in [0.4, 0.5) is 6.01 Å². The van der Waals surface area contributed by atoms with Gasteiger partial charge in [0.2, 0.25) is 11.8 Å². The highest BCUT2D eigenvalue weighted by atomic mass is 16.4. The number of anilines is 1. The van der Waals surface area contributed by atoms with Crippen LogP contribution >= 0.6 is 0 Å². The predicted octanol–water partition coefficient (Wildman–Crippen LogP) is -0.0269. The van der Waals surface area contributed by atoms with Crippen molar-refractivity contribution in [2.24, 2.45) is 5.92 Å². The van der Waals surface area contributed by atoms with E-state index in [2.05, 4.69) is 26.1 Å². The average molecular weight is 241 g/mol. The summed E-state index contributed by atoms with van der Waals surface area (Å²) in [4.78, 5) is 11.4. The first-order valence-electron chi connectivity index (χ1n) is 5.59. The topological polar surface area (TPSA) is 92.1 Å². The summed E-state index contributed by atoms with van der Waals surface area (Å²) in [6.07, 6.45) is 0. The minimum atomic E-state index is -0.0907. The molecule has 0 saturated carbocycles. The first-order chi connectivity index (χ1) is 8.11. The molecule has 1 aromatic rings. The van der Waals surface area contributed by atoms with Crippen LogP contribution in [0.1, 0.15) is 19.7 Å². The van der Waals surface area contributed by atoms with Gasteiger partial charge in [0.25, 0.3) is 0 Å². The lowest BCUT2D eigenvalue weighted by molar-refractivity contribution is -0.119. The lowest BCUT2D eigenvalue weighted by Crippen LogP contribution is -2.32. The number of nitrogens with zero attached hydrogens (tertiary/aromatic N) is 2. The number of aromatic nitrogens is 2. The third kappa shape index (κ3) is 5.30. The zero-order valence-corrected chi connectivity index (χ0v) is 10.4. The summed E-state index contributed by atoms with van der Waals surface area (Å²) in [5.74, 6) is 0.828. The van der Waals surface area contributed by atoms with Gasteiger partial charge in [-0.2, -0.15) is 0 Å². The Morgan fingerprint density at radius 1 is 1.41 bits per heavy atom. The second kappa shape index (κ2) is 6.85. The standard InChI is InChI=1S/C10H19N5O2/c1-7(2)4-12-8(16)5-13-10-15-14-9(17-10)6-11-3/h7,11H,4-6H2,1-3H3,(H,12,16)(H,13,15). The molecule has 96 valence electrons. The number of nitrogens with one attached hydrogen (secondary N) is 3. The fraction of sp³-hybridized carbons (Fsp3) is 0.700. The van der Waals surface area contributed by atoms with E-state index in [0.29, 0.717) is 24.9 Å². The van der Waals surface area contributed by atoms with Crippen molar-refractivity contribution in [3.63, 3.8) is 0 Å². The molecule has 1 rings (SSSR count). The van der Waals surface area contributed by atoms with Crippen molar-refractivity contribution in [1.82, 2.24) is 20.8 Å². The number of carbonyl (C=O) groups excluding carboxylic acids is 1. The number of hydrogen-bond donors (Lipinski definition) is 3. The van der Waals surface area contributed by atoms with E-state index in [0.717, 1.165) is 0 Å². The number of rotatable bonds is 7. The molecule has 0 radical (unpaired) electrons. The Balaban J connectivity index is 2.26. The molecule has 17 heavy (non-hydrogen) atoms. The van der Waals surface area contributed by atoms with Gasteiger partial charge < -0.3 is 20.4 Å². The van der Waals surface area contributed by atoms with E-state index >= 15 is 0 Å². The molecule has 3 N–H and O–H groups in total. The summed E-state index contributed by atoms with van der Waals surface area (Å²) in [5, 5.41) is 16.0. The quantitative estimate of drug-likeness (QED) is 0.621. The Labute approximate surface area is 100 Å². The molecule has 0 unspecified atom stereocenters. The molecule has 0 aromatic carbocycles. The molecular weight excluding hydrogens is 222 g/mol. The molecule has 0 bridgehead atoms. The molecule has 7 nitrogen and oxygen atoms in total. The van der Waals surface area contributed by atoms with Gasteiger partial charge in [0.05, 0.1) is 13.1 Å². The molecule has 1 aromatic heterocycles. The van der Waals surface area contributed by atoms with Gasteiger partial charge in [-0.15, -0.1) is 5.10 Å². The summed E-state index contributed by atoms with van der Waals surface area (Å²) in [6.45, 7) is 5.38. The molecule has 0 aliphatic rings. The van der Waals surface area contributed by atoms with Gasteiger partial charge in [-0.05, 0) is 13.0 Å². The van der Waals surface area contributed by atoms with E-state index in [-0.39, 0.29) is 18.5 Å². The van der Waals surface area contributed by atoms with E-state index in [1.165, 1.54) is 0 Å². The second-order valence-corrected chi connectivity index (χ2v) is 4.08. The zero-order chi connectivity index (χ0) is 12.7. The van der Waals surface area contributed by atoms with Gasteiger partial charge in [0.15, 0.2) is 0 Å². The van der Waals surface area contributed by atoms with E-state index in [9.17, 15) is 4.79 Å². The monoisotopic (exact) mass is 241 g/mol. The zero-order valence-electron chi connectivity index (χ0n) is 10.4. The second-order valence-electron chi connectivity index (χ2n) is 4.08. The molecule has 1 amide bonds. The predicted molar refractivity (Wildman–Crippen MR) is 63.4 cm³/mol. The Morgan fingerprint density at radius 2 is 2.18 bits per heavy atom. The van der Waals surface area contributed by atoms with Crippen LogP contribution in [0.3, 0.4) is 0 Å². The Kier molecular flexibility index (Phi) is 5.41. The van der Waals surface area contributed by atoms with Crippen molar-refractivity contribution >= 4 is 11.9 Å². The molecule has 0 atom stereocenters. The molecule has 0 spiro atoms. The lowest BCUT2D eigenvalue weighted by atomic mass is 10.2. The first kappa shape index (κ1) is 13.4. The van der Waals surface area contributed by atoms with Crippen molar-refractivity contribution in [2.75, 3.05) is 25.5 Å². The maximum absolute atomic E-state index is 11.4. The number of amides is 1. The van der Waals surface area contributed by atoms with Crippen molar-refractivity contribution < 1.29 is 9.21 Å². The van der Waals surface area contributed by atoms with Crippen LogP contribution in [0.15, 0.2) is 4.42 Å². The van der Waals surface area contributed by atoms with Gasteiger partial charge in [-0.25, -0.2) is 0 Å². The van der Waals surface area contributed by atoms with Gasteiger partial charge in [0.1, 0.15) is 0 Å². The van der Waals surface area contributed by atoms with Crippen molar-refractivity contribution in [3.05, 3.63) is 5.89 Å². The lowest BCUT2D eigenvalue weighted by Gasteiger charge is -2.07. The Morgan fingerprint density at radius 3 is 2.82 bits per heavy atom. The molecule has 0 saturated heterocycles. The summed E-state index contributed by atoms with van der Waals surface area (Å²) in [5.41, 5.74) is 0. The van der Waals surface area contributed by atoms with E-state index < -0.39 is 0 Å². The maximum Gasteiger partial charge on any atom is 0.315 e. The fourth-order valence-corrected chi connectivity index (χ4v) is 1.08. The molecule has 1 heterocycles. The summed E-state index contributed by atoms with van der Waals surface area (Å²) in [6, 6.07) is 0.259. The van der Waals surface area contributed by atoms with Gasteiger partial charge in [-0.1, -0.05) is 18.9 Å². The van der Waals surface area contributed by atoms with Crippen LogP contribution in [-0.4, -0.2) is 36.2 Å². The molecular formula is C10H19N5O2. The molecule has 7 heteroatoms. The highest BCUT2D eigenvalue weighted by Gasteiger charge is 2.07. The number of carbonyl (C=O) groups is 1. The maximum atomic E-state index is 11.4. The largest absolute Gasteiger partial charge is 0.407 e. The van der Waals surface area contributed by atoms with E-state index in [1.807, 2.05) is 13.8 Å². The van der Waals surface area contributed by atoms with Crippen molar-refractivity contribution in [1.29, 1.82) is 0 Å². The minimum absolute atomic E-state index is 0.0907. The van der Waals surface area contributed by atoms with Crippen LogP contribution < -0.4 is 16.0 Å². The van der Waals surface area contributed by atoms with Crippen LogP contribution in [0.5, 0.6) is 0 Å². The smallest absolute Gasteiger partial charge is 0.315 e. The van der Waals surface area contributed by atoms with Crippen LogP contribution in [0.2, 0.25) is 0 Å². The summed E-state index contributed by atoms with van der Waals surface area (Å²) >= 11 is 0. The average Bonchev–Trinajstić information content (AvgIpc) is 2.72. The highest BCUT2D eigenvalue weighted by Crippen LogP contribution is 2.03. The van der Waals surface area contributed by atoms with E-state index in [4.69, 9.17) is 4.42 Å². The number of hydrogen-bond acceptors (Lipinski definition) is 6. The van der Waals surface area contributed by atoms with Gasteiger partial charge in [0, 0.05) is 6.54 Å². The summed E-state index contributed by atoms with van der Waals surface area (Å²) < 4.78 is 5.22. The van der Waals surface area contributed by atoms with E-state index in [1.54, 1.807) is 7.05 Å². The Bertz CT molecular complexity index is 350. The third-order valence-electron chi connectivity index (χ3n) is 1.90. The molecule has 0 fully saturated rings. The Hall–Kier alpha value is -1.63. The van der Waals surface area contributed by atoms with Crippen molar-refractivity contribution in [3.8, 4) is 0 Å². The normalized spacial score (nSPS) is 10.6. The molecule has 0 aliphatic heterocycles. The summed E-state index contributed by atoms with van der Waals surface area (Å²) in [7, 11) is 1.79. The third-order valence-corrected chi connectivity index (χ3v) is 1.90.